The van der Waals surface area contributed by atoms with Crippen molar-refractivity contribution >= 4 is 48.8 Å². The minimum Gasteiger partial charge on any atom is -0.177 e. The molecule has 0 N–H and O–H groups in total. The molecular formula is C4H8S4. The van der Waals surface area contributed by atoms with Gasteiger partial charge in [0.25, 0.3) is 0 Å². The van der Waals surface area contributed by atoms with E-state index in [1.54, 1.807) is 0 Å². The highest BCUT2D eigenvalue weighted by molar-refractivity contribution is 8.25. The van der Waals surface area contributed by atoms with Crippen LogP contribution in [0.15, 0.2) is 0 Å². The predicted octanol–water partition coefficient (Wildman–Crippen LogP) is 1.98. The largest absolute Gasteiger partial charge is 0.177 e. The third kappa shape index (κ3) is 1.97. The van der Waals surface area contributed by atoms with Gasteiger partial charge in [0.1, 0.15) is 0 Å². The molecule has 1 rings (SSSR count). The van der Waals surface area contributed by atoms with Crippen LogP contribution < -0.4 is 0 Å². The van der Waals surface area contributed by atoms with E-state index < -0.39 is 0 Å². The molecular weight excluding hydrogens is 176 g/mol. The van der Waals surface area contributed by atoms with Crippen molar-refractivity contribution in [3.8, 4) is 0 Å². The average Bonchev–Trinajstić information content (AvgIpc) is 2.14. The Kier molecular flexibility index (Phi) is 3.32. The van der Waals surface area contributed by atoms with Gasteiger partial charge in [-0.15, -0.1) is 23.5 Å². The van der Waals surface area contributed by atoms with Gasteiger partial charge in [0.05, 0.1) is 9.16 Å². The van der Waals surface area contributed by atoms with Crippen LogP contribution in [-0.4, -0.2) is 20.7 Å². The Bertz CT molecular complexity index is 74.4. The molecule has 0 radical (unpaired) electrons. The zero-order valence-electron chi connectivity index (χ0n) is 4.28. The zero-order chi connectivity index (χ0) is 5.98. The van der Waals surface area contributed by atoms with Gasteiger partial charge in [-0.3, -0.25) is 0 Å². The molecule has 1 aliphatic rings. The molecule has 0 spiro atoms. The highest BCUT2D eigenvalue weighted by Gasteiger charge is 2.21. The molecule has 0 amide bonds. The van der Waals surface area contributed by atoms with Crippen molar-refractivity contribution in [2.24, 2.45) is 0 Å². The molecule has 1 aliphatic heterocycles. The summed E-state index contributed by atoms with van der Waals surface area (Å²) in [4.78, 5) is 0. The topological polar surface area (TPSA) is 0 Å². The van der Waals surface area contributed by atoms with Crippen LogP contribution in [0.25, 0.3) is 0 Å². The fraction of sp³-hybridized carbons (Fsp3) is 1.00. The Morgan fingerprint density at radius 2 is 2.38 bits per heavy atom. The third-order valence-corrected chi connectivity index (χ3v) is 5.50. The molecule has 0 aromatic heterocycles. The van der Waals surface area contributed by atoms with E-state index in [-0.39, 0.29) is 0 Å². The summed E-state index contributed by atoms with van der Waals surface area (Å²) in [7, 11) is 0. The molecule has 0 nitrogen and oxygen atoms in total. The first-order valence-corrected chi connectivity index (χ1v) is 5.53. The quantitative estimate of drug-likeness (QED) is 0.598. The first-order valence-electron chi connectivity index (χ1n) is 2.39. The van der Waals surface area contributed by atoms with Gasteiger partial charge in [0.2, 0.25) is 0 Å². The van der Waals surface area contributed by atoms with E-state index in [2.05, 4.69) is 25.3 Å². The fourth-order valence-electron chi connectivity index (χ4n) is 0.539. The minimum absolute atomic E-state index is 0.553. The normalized spacial score (nSPS) is 38.2. The Balaban J connectivity index is 2.22. The van der Waals surface area contributed by atoms with Crippen molar-refractivity contribution in [3.05, 3.63) is 0 Å². The van der Waals surface area contributed by atoms with Crippen LogP contribution in [0, 0.1) is 0 Å². The Morgan fingerprint density at radius 3 is 2.62 bits per heavy atom. The summed E-state index contributed by atoms with van der Waals surface area (Å²) in [5, 5.41) is 0. The highest BCUT2D eigenvalue weighted by Crippen LogP contribution is 2.39. The van der Waals surface area contributed by atoms with E-state index in [1.165, 1.54) is 5.75 Å². The van der Waals surface area contributed by atoms with Crippen molar-refractivity contribution in [1.29, 1.82) is 0 Å². The fourth-order valence-corrected chi connectivity index (χ4v) is 4.48. The molecule has 2 unspecified atom stereocenters. The van der Waals surface area contributed by atoms with E-state index >= 15 is 0 Å². The van der Waals surface area contributed by atoms with Crippen molar-refractivity contribution in [2.75, 3.05) is 11.5 Å². The van der Waals surface area contributed by atoms with Gasteiger partial charge in [-0.25, -0.2) is 0 Å². The Hall–Kier alpha value is 1.40. The molecule has 2 atom stereocenters. The summed E-state index contributed by atoms with van der Waals surface area (Å²) in [6, 6.07) is 0. The predicted molar refractivity (Wildman–Crippen MR) is 50.5 cm³/mol. The lowest BCUT2D eigenvalue weighted by atomic mass is 10.9. The van der Waals surface area contributed by atoms with E-state index in [0.717, 1.165) is 5.75 Å². The van der Waals surface area contributed by atoms with Crippen molar-refractivity contribution in [2.45, 2.75) is 9.16 Å². The maximum atomic E-state index is 4.31. The molecule has 0 aliphatic carbocycles. The number of thiol groups is 2. The van der Waals surface area contributed by atoms with Crippen LogP contribution in [0.1, 0.15) is 0 Å². The monoisotopic (exact) mass is 184 g/mol. The van der Waals surface area contributed by atoms with Gasteiger partial charge in [-0.05, 0) is 0 Å². The standard InChI is InChI=1S/C4H8S4/c5-1-4-7-2-3(6)8-4/h3-6H,1-2H2. The maximum Gasteiger partial charge on any atom is 0.0602 e. The molecule has 1 saturated heterocycles. The molecule has 0 bridgehead atoms. The molecule has 0 aromatic carbocycles. The SMILES string of the molecule is SCC1SCC(S)S1. The molecule has 8 heavy (non-hydrogen) atoms. The zero-order valence-corrected chi connectivity index (χ0v) is 7.70. The van der Waals surface area contributed by atoms with Gasteiger partial charge in [0, 0.05) is 11.5 Å². The second kappa shape index (κ2) is 3.54. The van der Waals surface area contributed by atoms with Crippen LogP contribution in [0.5, 0.6) is 0 Å². The number of hydrogen-bond acceptors (Lipinski definition) is 4. The molecule has 1 fully saturated rings. The number of thioether (sulfide) groups is 2. The number of rotatable bonds is 1. The van der Waals surface area contributed by atoms with Gasteiger partial charge in [0.15, 0.2) is 0 Å². The van der Waals surface area contributed by atoms with Gasteiger partial charge in [-0.2, -0.15) is 25.3 Å². The van der Waals surface area contributed by atoms with Crippen LogP contribution in [-0.2, 0) is 0 Å². The second-order valence-electron chi connectivity index (χ2n) is 1.54. The van der Waals surface area contributed by atoms with E-state index in [9.17, 15) is 0 Å². The second-order valence-corrected chi connectivity index (χ2v) is 5.82. The van der Waals surface area contributed by atoms with E-state index in [0.29, 0.717) is 9.16 Å². The molecule has 1 heterocycles. The van der Waals surface area contributed by atoms with E-state index in [1.807, 2.05) is 23.5 Å². The highest BCUT2D eigenvalue weighted by atomic mass is 32.2. The third-order valence-electron chi connectivity index (χ3n) is 0.883. The molecule has 48 valence electrons. The summed E-state index contributed by atoms with van der Waals surface area (Å²) >= 11 is 12.4. The van der Waals surface area contributed by atoms with Crippen molar-refractivity contribution in [1.82, 2.24) is 0 Å². The summed E-state index contributed by atoms with van der Waals surface area (Å²) in [6.07, 6.45) is 0. The van der Waals surface area contributed by atoms with Gasteiger partial charge < -0.3 is 0 Å². The van der Waals surface area contributed by atoms with Crippen LogP contribution in [0.4, 0.5) is 0 Å². The summed E-state index contributed by atoms with van der Waals surface area (Å²) in [5.74, 6) is 2.16. The van der Waals surface area contributed by atoms with Crippen LogP contribution >= 0.6 is 48.8 Å². The smallest absolute Gasteiger partial charge is 0.0602 e. The first kappa shape index (κ1) is 7.51. The molecule has 0 saturated carbocycles. The maximum absolute atomic E-state index is 4.31. The molecule has 0 aromatic rings. The lowest BCUT2D eigenvalue weighted by Crippen LogP contribution is -1.91. The summed E-state index contributed by atoms with van der Waals surface area (Å²) in [5.41, 5.74) is 0. The molecule has 4 heteroatoms. The lowest BCUT2D eigenvalue weighted by Gasteiger charge is -2.00. The Labute approximate surface area is 69.4 Å². The van der Waals surface area contributed by atoms with E-state index in [4.69, 9.17) is 0 Å². The van der Waals surface area contributed by atoms with Crippen LogP contribution in [0.2, 0.25) is 0 Å². The van der Waals surface area contributed by atoms with Crippen molar-refractivity contribution in [3.63, 3.8) is 0 Å². The lowest BCUT2D eigenvalue weighted by molar-refractivity contribution is 1.47. The summed E-state index contributed by atoms with van der Waals surface area (Å²) in [6.45, 7) is 0. The van der Waals surface area contributed by atoms with Crippen molar-refractivity contribution < 1.29 is 0 Å². The Morgan fingerprint density at radius 1 is 1.62 bits per heavy atom. The average molecular weight is 184 g/mol. The van der Waals surface area contributed by atoms with Crippen LogP contribution in [0.3, 0.4) is 0 Å². The first-order chi connectivity index (χ1) is 3.83. The number of hydrogen-bond donors (Lipinski definition) is 2. The van der Waals surface area contributed by atoms with Gasteiger partial charge >= 0.3 is 0 Å². The van der Waals surface area contributed by atoms with Gasteiger partial charge in [-0.1, -0.05) is 0 Å². The summed E-state index contributed by atoms with van der Waals surface area (Å²) < 4.78 is 1.25. The minimum atomic E-state index is 0.553.